The summed E-state index contributed by atoms with van der Waals surface area (Å²) in [5, 5.41) is 0. The van der Waals surface area contributed by atoms with Crippen LogP contribution in [0.25, 0.3) is 0 Å². The molecule has 0 fully saturated rings. The van der Waals surface area contributed by atoms with E-state index in [1.54, 1.807) is 0 Å². The van der Waals surface area contributed by atoms with E-state index in [2.05, 4.69) is 17.3 Å². The van der Waals surface area contributed by atoms with Crippen LogP contribution in [0, 0.1) is 6.07 Å². The molecule has 1 radical (unpaired) electrons. The van der Waals surface area contributed by atoms with Gasteiger partial charge in [-0.3, -0.25) is 0 Å². The number of benzene rings is 2. The Hall–Kier alpha value is -0.786. The summed E-state index contributed by atoms with van der Waals surface area (Å²) in [4.78, 5) is 4.17. The van der Waals surface area contributed by atoms with Crippen molar-refractivity contribution in [2.24, 2.45) is 4.99 Å². The number of para-hydroxylation sites is 1. The quantitative estimate of drug-likeness (QED) is 0.584. The standard InChI is InChI=1S/C13H9N.C2H6.Y/c1-3-7-12(8-4-1)11-14-13-9-5-2-6-10-13;1-2;/h1-9H;1-2H3;/q-2;;. The summed E-state index contributed by atoms with van der Waals surface area (Å²) in [5.41, 5.74) is 1.78. The largest absolute Gasteiger partial charge is 0.378 e. The minimum atomic E-state index is 0. The Bertz CT molecular complexity index is 368. The fourth-order valence-corrected chi connectivity index (χ4v) is 1.09. The van der Waals surface area contributed by atoms with E-state index in [1.165, 1.54) is 0 Å². The van der Waals surface area contributed by atoms with Crippen LogP contribution in [0.2, 0.25) is 0 Å². The number of hydrogen-bond donors (Lipinski definition) is 0. The first-order valence-electron chi connectivity index (χ1n) is 5.44. The van der Waals surface area contributed by atoms with Crippen molar-refractivity contribution >= 4 is 11.9 Å². The van der Waals surface area contributed by atoms with Crippen molar-refractivity contribution in [1.82, 2.24) is 0 Å². The Morgan fingerprint density at radius 3 is 2.18 bits per heavy atom. The van der Waals surface area contributed by atoms with E-state index in [4.69, 9.17) is 0 Å². The van der Waals surface area contributed by atoms with Crippen molar-refractivity contribution in [1.29, 1.82) is 0 Å². The molecule has 0 heterocycles. The van der Waals surface area contributed by atoms with E-state index in [-0.39, 0.29) is 32.7 Å². The van der Waals surface area contributed by atoms with Gasteiger partial charge in [0.1, 0.15) is 0 Å². The molecule has 0 aliphatic rings. The molecule has 2 aromatic rings. The van der Waals surface area contributed by atoms with Crippen molar-refractivity contribution in [2.75, 3.05) is 0 Å². The van der Waals surface area contributed by atoms with Gasteiger partial charge in [0, 0.05) is 32.7 Å². The third-order valence-electron chi connectivity index (χ3n) is 1.77. The van der Waals surface area contributed by atoms with Crippen LogP contribution in [0.5, 0.6) is 0 Å². The molecular weight excluding hydrogens is 283 g/mol. The summed E-state index contributed by atoms with van der Waals surface area (Å²) in [6, 6.07) is 20.4. The van der Waals surface area contributed by atoms with Crippen LogP contribution in [0.1, 0.15) is 19.4 Å². The van der Waals surface area contributed by atoms with Crippen molar-refractivity contribution in [2.45, 2.75) is 13.8 Å². The van der Waals surface area contributed by atoms with Crippen molar-refractivity contribution in [3.63, 3.8) is 0 Å². The van der Waals surface area contributed by atoms with Gasteiger partial charge in [0.25, 0.3) is 0 Å². The van der Waals surface area contributed by atoms with Gasteiger partial charge in [0.2, 0.25) is 0 Å². The maximum Gasteiger partial charge on any atom is 0 e. The third kappa shape index (κ3) is 6.50. The number of aliphatic imine (C=N–C) groups is 1. The molecule has 0 spiro atoms. The van der Waals surface area contributed by atoms with Crippen LogP contribution in [-0.2, 0) is 32.7 Å². The van der Waals surface area contributed by atoms with E-state index in [1.807, 2.05) is 68.4 Å². The first kappa shape index (κ1) is 16.2. The van der Waals surface area contributed by atoms with Gasteiger partial charge >= 0.3 is 0 Å². The Morgan fingerprint density at radius 2 is 1.59 bits per heavy atom. The molecule has 0 N–H and O–H groups in total. The zero-order valence-corrected chi connectivity index (χ0v) is 13.1. The number of nitrogens with zero attached hydrogens (tertiary/aromatic N) is 1. The minimum absolute atomic E-state index is 0. The van der Waals surface area contributed by atoms with E-state index in [0.717, 1.165) is 11.3 Å². The summed E-state index contributed by atoms with van der Waals surface area (Å²) < 4.78 is 0. The van der Waals surface area contributed by atoms with Crippen LogP contribution in [-0.4, -0.2) is 6.21 Å². The van der Waals surface area contributed by atoms with E-state index >= 15 is 0 Å². The second kappa shape index (κ2) is 10.4. The smallest absolute Gasteiger partial charge is 0 e. The summed E-state index contributed by atoms with van der Waals surface area (Å²) in [6.07, 6.45) is 2.95. The molecule has 0 saturated heterocycles. The maximum atomic E-state index is 4.17. The average molecular weight is 298 g/mol. The van der Waals surface area contributed by atoms with Crippen LogP contribution >= 0.6 is 0 Å². The molecule has 2 aromatic carbocycles. The van der Waals surface area contributed by atoms with Gasteiger partial charge in [-0.1, -0.05) is 19.9 Å². The van der Waals surface area contributed by atoms with Crippen molar-refractivity contribution < 1.29 is 32.7 Å². The van der Waals surface area contributed by atoms with Crippen LogP contribution in [0.4, 0.5) is 5.69 Å². The van der Waals surface area contributed by atoms with Gasteiger partial charge in [-0.25, -0.2) is 6.07 Å². The fraction of sp³-hybridized carbons (Fsp3) is 0.133. The van der Waals surface area contributed by atoms with E-state index in [0.29, 0.717) is 0 Å². The number of hydrogen-bond acceptors (Lipinski definition) is 1. The monoisotopic (exact) mass is 298 g/mol. The van der Waals surface area contributed by atoms with E-state index < -0.39 is 0 Å². The molecule has 0 aliphatic heterocycles. The topological polar surface area (TPSA) is 12.4 Å². The van der Waals surface area contributed by atoms with Crippen LogP contribution < -0.4 is 0 Å². The summed E-state index contributed by atoms with van der Waals surface area (Å²) in [7, 11) is 0. The van der Waals surface area contributed by atoms with Gasteiger partial charge in [-0.2, -0.15) is 24.3 Å². The fourth-order valence-electron chi connectivity index (χ4n) is 1.09. The molecule has 17 heavy (non-hydrogen) atoms. The minimum Gasteiger partial charge on any atom is -0.378 e. The molecule has 1 nitrogen and oxygen atoms in total. The molecule has 2 heteroatoms. The number of rotatable bonds is 2. The maximum absolute atomic E-state index is 4.17. The Kier molecular flexibility index (Phi) is 9.89. The van der Waals surface area contributed by atoms with Crippen molar-refractivity contribution in [3.05, 3.63) is 66.2 Å². The Labute approximate surface area is 129 Å². The first-order valence-corrected chi connectivity index (χ1v) is 5.44. The Balaban J connectivity index is 0.000000811. The molecule has 0 unspecified atom stereocenters. The zero-order chi connectivity index (χ0) is 11.6. The van der Waals surface area contributed by atoms with Gasteiger partial charge in [-0.05, 0) is 6.21 Å². The molecule has 0 aliphatic carbocycles. The molecule has 0 bridgehead atoms. The molecule has 85 valence electrons. The van der Waals surface area contributed by atoms with Gasteiger partial charge in [-0.15, -0.1) is 35.5 Å². The second-order valence-electron chi connectivity index (χ2n) is 2.84. The summed E-state index contributed by atoms with van der Waals surface area (Å²) in [5.74, 6) is 0. The molecule has 2 rings (SSSR count). The van der Waals surface area contributed by atoms with Crippen molar-refractivity contribution in [3.8, 4) is 0 Å². The van der Waals surface area contributed by atoms with E-state index in [9.17, 15) is 0 Å². The third-order valence-corrected chi connectivity index (χ3v) is 1.77. The molecule has 0 aromatic heterocycles. The summed E-state index contributed by atoms with van der Waals surface area (Å²) in [6.45, 7) is 4.00. The molecular formula is C15H15NY-2. The predicted octanol–water partition coefficient (Wildman–Crippen LogP) is 4.14. The SMILES string of the molecule is CC.[C-](=Nc1[c-]cccc1)c1ccccc1.[Y]. The second-order valence-corrected chi connectivity index (χ2v) is 2.84. The predicted molar refractivity (Wildman–Crippen MR) is 69.3 cm³/mol. The van der Waals surface area contributed by atoms with Gasteiger partial charge < -0.3 is 4.99 Å². The van der Waals surface area contributed by atoms with Gasteiger partial charge in [0.15, 0.2) is 0 Å². The molecule has 0 atom stereocenters. The Morgan fingerprint density at radius 1 is 0.941 bits per heavy atom. The normalized spacial score (nSPS) is 9.06. The average Bonchev–Trinajstić information content (AvgIpc) is 2.41. The molecule has 0 saturated carbocycles. The van der Waals surface area contributed by atoms with Gasteiger partial charge in [0.05, 0.1) is 0 Å². The molecule has 0 amide bonds. The van der Waals surface area contributed by atoms with Crippen LogP contribution in [0.15, 0.2) is 59.6 Å². The zero-order valence-electron chi connectivity index (χ0n) is 10.2. The summed E-state index contributed by atoms with van der Waals surface area (Å²) >= 11 is 0. The first-order chi connectivity index (χ1) is 7.95. The van der Waals surface area contributed by atoms with Crippen LogP contribution in [0.3, 0.4) is 0 Å².